The van der Waals surface area contributed by atoms with Gasteiger partial charge in [-0.1, -0.05) is 31.4 Å². The Morgan fingerprint density at radius 2 is 2.21 bits per heavy atom. The zero-order valence-electron chi connectivity index (χ0n) is 11.4. The van der Waals surface area contributed by atoms with E-state index in [1.807, 2.05) is 6.07 Å². The summed E-state index contributed by atoms with van der Waals surface area (Å²) in [6, 6.07) is 2.25. The van der Waals surface area contributed by atoms with E-state index in [9.17, 15) is 0 Å². The Kier molecular flexibility index (Phi) is 5.06. The molecule has 0 spiro atoms. The Labute approximate surface area is 123 Å². The monoisotopic (exact) mass is 299 g/mol. The Morgan fingerprint density at radius 3 is 2.89 bits per heavy atom. The van der Waals surface area contributed by atoms with E-state index in [-0.39, 0.29) is 0 Å². The molecule has 0 N–H and O–H groups in total. The predicted molar refractivity (Wildman–Crippen MR) is 81.2 cm³/mol. The quantitative estimate of drug-likeness (QED) is 0.729. The second-order valence-electron chi connectivity index (χ2n) is 4.82. The summed E-state index contributed by atoms with van der Waals surface area (Å²) in [6.07, 6.45) is 5.96. The van der Waals surface area contributed by atoms with Crippen LogP contribution in [0.5, 0.6) is 0 Å². The second-order valence-corrected chi connectivity index (χ2v) is 5.64. The fraction of sp³-hybridized carbons (Fsp3) is 0.571. The van der Waals surface area contributed by atoms with Gasteiger partial charge < -0.3 is 4.57 Å². The maximum atomic E-state index is 5.98. The van der Waals surface area contributed by atoms with Gasteiger partial charge >= 0.3 is 0 Å². The molecule has 5 heteroatoms. The molecule has 0 aliphatic carbocycles. The van der Waals surface area contributed by atoms with Crippen LogP contribution in [-0.4, -0.2) is 20.4 Å². The Balaban J connectivity index is 2.45. The molecule has 1 atom stereocenters. The molecule has 0 aliphatic heterocycles. The lowest BCUT2D eigenvalue weighted by molar-refractivity contribution is 0.479. The topological polar surface area (TPSA) is 30.7 Å². The molecule has 2 rings (SSSR count). The lowest BCUT2D eigenvalue weighted by Gasteiger charge is -2.16. The molecular weight excluding hydrogens is 281 g/mol. The zero-order valence-corrected chi connectivity index (χ0v) is 12.9. The number of hydrogen-bond acceptors (Lipinski definition) is 2. The van der Waals surface area contributed by atoms with Crippen molar-refractivity contribution < 1.29 is 0 Å². The van der Waals surface area contributed by atoms with Crippen molar-refractivity contribution in [3.05, 3.63) is 23.1 Å². The number of unbranched alkanes of at least 4 members (excludes halogenated alkanes) is 1. The molecule has 0 bridgehead atoms. The van der Waals surface area contributed by atoms with Gasteiger partial charge in [-0.2, -0.15) is 0 Å². The molecule has 2 aromatic rings. The van der Waals surface area contributed by atoms with Gasteiger partial charge in [0.05, 0.1) is 5.02 Å². The number of aryl methyl sites for hydroxylation is 1. The highest BCUT2D eigenvalue weighted by Crippen LogP contribution is 2.25. The Morgan fingerprint density at radius 1 is 1.42 bits per heavy atom. The molecular formula is C14H19Cl2N3. The van der Waals surface area contributed by atoms with E-state index < -0.39 is 0 Å². The molecule has 0 saturated carbocycles. The molecule has 1 unspecified atom stereocenters. The van der Waals surface area contributed by atoms with E-state index in [1.54, 1.807) is 6.20 Å². The smallest absolute Gasteiger partial charge is 0.160 e. The van der Waals surface area contributed by atoms with Gasteiger partial charge in [0.25, 0.3) is 0 Å². The van der Waals surface area contributed by atoms with Gasteiger partial charge in [0.1, 0.15) is 11.3 Å². The Hall–Kier alpha value is -0.800. The fourth-order valence-corrected chi connectivity index (χ4v) is 2.68. The molecule has 0 saturated heterocycles. The number of pyridine rings is 1. The molecule has 0 aliphatic rings. The maximum absolute atomic E-state index is 5.98. The van der Waals surface area contributed by atoms with Crippen LogP contribution in [0.15, 0.2) is 12.3 Å². The summed E-state index contributed by atoms with van der Waals surface area (Å²) in [6.45, 7) is 4.42. The third-order valence-corrected chi connectivity index (χ3v) is 3.70. The minimum Gasteiger partial charge on any atom is -0.310 e. The van der Waals surface area contributed by atoms with Crippen molar-refractivity contribution >= 4 is 34.4 Å². The number of fused-ring (bicyclic) bond motifs is 1. The number of hydrogen-bond donors (Lipinski definition) is 0. The van der Waals surface area contributed by atoms with Crippen LogP contribution in [0.4, 0.5) is 0 Å². The number of imidazole rings is 1. The van der Waals surface area contributed by atoms with Crippen LogP contribution in [0, 0.1) is 0 Å². The first-order chi connectivity index (χ1) is 9.17. The molecule has 0 aromatic carbocycles. The van der Waals surface area contributed by atoms with E-state index in [0.29, 0.717) is 16.9 Å². The van der Waals surface area contributed by atoms with E-state index in [0.717, 1.165) is 29.8 Å². The first-order valence-corrected chi connectivity index (χ1v) is 7.67. The summed E-state index contributed by atoms with van der Waals surface area (Å²) in [7, 11) is 0. The largest absolute Gasteiger partial charge is 0.310 e. The third-order valence-electron chi connectivity index (χ3n) is 3.30. The highest BCUT2D eigenvalue weighted by Gasteiger charge is 2.16. The maximum Gasteiger partial charge on any atom is 0.160 e. The van der Waals surface area contributed by atoms with Gasteiger partial charge in [0.15, 0.2) is 5.65 Å². The van der Waals surface area contributed by atoms with Crippen molar-refractivity contribution in [2.24, 2.45) is 0 Å². The lowest BCUT2D eigenvalue weighted by atomic mass is 10.1. The van der Waals surface area contributed by atoms with Crippen molar-refractivity contribution in [1.29, 1.82) is 0 Å². The van der Waals surface area contributed by atoms with Crippen molar-refractivity contribution in [3.8, 4) is 0 Å². The van der Waals surface area contributed by atoms with E-state index in [1.165, 1.54) is 12.8 Å². The summed E-state index contributed by atoms with van der Waals surface area (Å²) in [5, 5.41) is 0.621. The molecule has 19 heavy (non-hydrogen) atoms. The van der Waals surface area contributed by atoms with Crippen molar-refractivity contribution in [1.82, 2.24) is 14.5 Å². The molecule has 3 nitrogen and oxygen atoms in total. The minimum atomic E-state index is 0.386. The predicted octanol–water partition coefficient (Wildman–Crippen LogP) is 4.62. The van der Waals surface area contributed by atoms with Crippen LogP contribution in [0.3, 0.4) is 0 Å². The van der Waals surface area contributed by atoms with Crippen molar-refractivity contribution in [2.45, 2.75) is 45.6 Å². The van der Waals surface area contributed by atoms with E-state index in [2.05, 4.69) is 28.4 Å². The molecule has 0 radical (unpaired) electrons. The van der Waals surface area contributed by atoms with Gasteiger partial charge in [0.2, 0.25) is 0 Å². The van der Waals surface area contributed by atoms with Crippen LogP contribution in [-0.2, 0) is 6.42 Å². The van der Waals surface area contributed by atoms with Crippen LogP contribution < -0.4 is 0 Å². The summed E-state index contributed by atoms with van der Waals surface area (Å²) in [5.41, 5.74) is 1.77. The first kappa shape index (κ1) is 14.6. The van der Waals surface area contributed by atoms with E-state index >= 15 is 0 Å². The van der Waals surface area contributed by atoms with Crippen molar-refractivity contribution in [2.75, 3.05) is 5.88 Å². The fourth-order valence-electron chi connectivity index (χ4n) is 2.36. The van der Waals surface area contributed by atoms with E-state index in [4.69, 9.17) is 23.2 Å². The highest BCUT2D eigenvalue weighted by molar-refractivity contribution is 6.31. The second kappa shape index (κ2) is 6.58. The molecule has 0 amide bonds. The number of rotatable bonds is 6. The average Bonchev–Trinajstić information content (AvgIpc) is 2.73. The van der Waals surface area contributed by atoms with Gasteiger partial charge in [-0.15, -0.1) is 11.6 Å². The molecule has 2 aromatic heterocycles. The average molecular weight is 300 g/mol. The number of halogens is 2. The standard InChI is InChI=1S/C14H19Cl2N3/c1-3-4-5-10(2)19-13(6-7-15)18-12-8-11(16)9-17-14(12)19/h8-10H,3-7H2,1-2H3. The normalized spacial score (nSPS) is 13.1. The number of aromatic nitrogens is 3. The van der Waals surface area contributed by atoms with Crippen LogP contribution in [0.2, 0.25) is 5.02 Å². The lowest BCUT2D eigenvalue weighted by Crippen LogP contribution is -2.10. The van der Waals surface area contributed by atoms with Crippen LogP contribution in [0.1, 0.15) is 45.0 Å². The van der Waals surface area contributed by atoms with Gasteiger partial charge in [-0.05, 0) is 19.4 Å². The van der Waals surface area contributed by atoms with Crippen LogP contribution in [0.25, 0.3) is 11.2 Å². The summed E-state index contributed by atoms with van der Waals surface area (Å²) >= 11 is 11.9. The number of alkyl halides is 1. The van der Waals surface area contributed by atoms with Crippen LogP contribution >= 0.6 is 23.2 Å². The third kappa shape index (κ3) is 3.21. The molecule has 104 valence electrons. The zero-order chi connectivity index (χ0) is 13.8. The van der Waals surface area contributed by atoms with Gasteiger partial charge in [-0.3, -0.25) is 0 Å². The summed E-state index contributed by atoms with van der Waals surface area (Å²) in [4.78, 5) is 9.06. The summed E-state index contributed by atoms with van der Waals surface area (Å²) < 4.78 is 2.21. The van der Waals surface area contributed by atoms with Gasteiger partial charge in [0, 0.05) is 24.5 Å². The molecule has 2 heterocycles. The first-order valence-electron chi connectivity index (χ1n) is 6.75. The van der Waals surface area contributed by atoms with Gasteiger partial charge in [-0.25, -0.2) is 9.97 Å². The number of nitrogens with zero attached hydrogens (tertiary/aromatic N) is 3. The Bertz CT molecular complexity index is 551. The minimum absolute atomic E-state index is 0.386. The van der Waals surface area contributed by atoms with Crippen molar-refractivity contribution in [3.63, 3.8) is 0 Å². The highest BCUT2D eigenvalue weighted by atomic mass is 35.5. The SMILES string of the molecule is CCCCC(C)n1c(CCCl)nc2cc(Cl)cnc21. The molecule has 0 fully saturated rings. The summed E-state index contributed by atoms with van der Waals surface area (Å²) in [5.74, 6) is 1.57.